The fourth-order valence-electron chi connectivity index (χ4n) is 17.4. The molecule has 0 unspecified atom stereocenters. The Labute approximate surface area is 723 Å². The summed E-state index contributed by atoms with van der Waals surface area (Å²) in [7, 11) is 0. The van der Waals surface area contributed by atoms with Gasteiger partial charge in [-0.3, -0.25) is 0 Å². The Morgan fingerprint density at radius 2 is 0.564 bits per heavy atom. The molecule has 0 N–H and O–H groups in total. The maximum Gasteiger partial charge on any atom is 0.252 e. The molecule has 0 fully saturated rings. The van der Waals surface area contributed by atoms with Crippen molar-refractivity contribution >= 4 is 140 Å². The number of hydrogen-bond acceptors (Lipinski definition) is 3. The highest BCUT2D eigenvalue weighted by Crippen LogP contribution is 2.56. The van der Waals surface area contributed by atoms with Gasteiger partial charge in [0.2, 0.25) is 0 Å². The number of anilines is 9. The molecule has 0 amide bonds. The Balaban J connectivity index is 0.971. The zero-order chi connectivity index (χ0) is 104. The number of nitrogens with zero attached hydrogens (tertiary/aromatic N) is 6. The van der Waals surface area contributed by atoms with E-state index in [9.17, 15) is 32.9 Å². The van der Waals surface area contributed by atoms with Crippen LogP contribution in [0.5, 0.6) is 0 Å². The average Bonchev–Trinajstić information content (AvgIpc) is 0.997. The molecule has 0 saturated heterocycles. The van der Waals surface area contributed by atoms with E-state index in [2.05, 4.69) is 75.6 Å². The number of aromatic nitrogens is 3. The Bertz CT molecular complexity index is 8820. The summed E-state index contributed by atoms with van der Waals surface area (Å²) in [5.41, 5.74) is 7.90. The molecule has 6 nitrogen and oxygen atoms in total. The second-order valence-corrected chi connectivity index (χ2v) is 31.5. The lowest BCUT2D eigenvalue weighted by molar-refractivity contribution is 0.590. The maximum atomic E-state index is 10.4. The smallest absolute Gasteiger partial charge is 0.252 e. The Morgan fingerprint density at radius 3 is 0.932 bits per heavy atom. The number of para-hydroxylation sites is 7. The largest absolute Gasteiger partial charge is 0.310 e. The molecule has 5 heterocycles. The van der Waals surface area contributed by atoms with Crippen LogP contribution in [-0.2, 0) is 10.8 Å². The van der Waals surface area contributed by atoms with E-state index < -0.39 is 198 Å². The molecule has 0 bridgehead atoms. The third-order valence-corrected chi connectivity index (χ3v) is 22.7. The molecule has 556 valence electrons. The van der Waals surface area contributed by atoms with E-state index in [1.807, 2.05) is 146 Å². The summed E-state index contributed by atoms with van der Waals surface area (Å²) in [6.45, 7) is 11.4. The second-order valence-electron chi connectivity index (χ2n) is 31.5. The minimum absolute atomic E-state index is 0.0223. The van der Waals surface area contributed by atoms with Crippen LogP contribution in [0.15, 0.2) is 394 Å². The van der Waals surface area contributed by atoms with E-state index in [4.69, 9.17) is 6.85 Å². The van der Waals surface area contributed by atoms with E-state index in [1.54, 1.807) is 24.3 Å². The molecule has 2 aliphatic heterocycles. The molecular weight excluding hydrogens is 1420 g/mol. The number of benzene rings is 17. The average molecular weight is 1530 g/mol. The first-order chi connectivity index (χ1) is 69.4. The summed E-state index contributed by atoms with van der Waals surface area (Å²) in [4.78, 5) is 5.60. The maximum absolute atomic E-state index is 10.4. The summed E-state index contributed by atoms with van der Waals surface area (Å²) in [5, 5.41) is -1.34. The van der Waals surface area contributed by atoms with Crippen LogP contribution in [-0.4, -0.2) is 20.4 Å². The van der Waals surface area contributed by atoms with Gasteiger partial charge in [0.1, 0.15) is 0 Å². The Kier molecular flexibility index (Phi) is 10.6. The van der Waals surface area contributed by atoms with Gasteiger partial charge in [-0.15, -0.1) is 0 Å². The molecule has 20 aromatic rings. The van der Waals surface area contributed by atoms with Crippen LogP contribution in [0.2, 0.25) is 0 Å². The van der Waals surface area contributed by atoms with Gasteiger partial charge in [0, 0.05) is 106 Å². The predicted octanol–water partition coefficient (Wildman–Crippen LogP) is 27.8. The number of fused-ring (bicyclic) bond motifs is 13. The SMILES string of the molecule is [2H]c1c([2H])c([2H])c(N(c2ccc(-n3c4c([2H])c([2H])c([2H])c([2H])c4c4c([2H])c([2H])c([2H])c([2H])c43)cc2)c2ccc3c(c2)N(c2c(-c4ccccc4)cc(C(C)(C)C)cc2-c2ccccc2)c2cc(-n4c5c([2H])c([2H])c([2H])c([2H])c5c5c([2H])c([2H])c([2H])c([2H])c54)cc4c2B3c2ccc(-n3c5c([2H])c([2H])c([2H])c([2H])c5c5c([2H])c([2H])c([2H])c([2H])c53)cc2N4c2c(-c3ccccc3)cc(C(C)(C)C)cc2-c2ccccc2)c([2H])c1[2H]. The van der Waals surface area contributed by atoms with Gasteiger partial charge in [0.05, 0.1) is 89.9 Å². The minimum atomic E-state index is -1.15. The van der Waals surface area contributed by atoms with Crippen LogP contribution < -0.4 is 31.1 Å². The molecule has 0 aliphatic carbocycles. The van der Waals surface area contributed by atoms with Crippen molar-refractivity contribution in [2.45, 2.75) is 52.4 Å². The first-order valence-electron chi connectivity index (χ1n) is 53.0. The molecule has 3 aromatic heterocycles. The third kappa shape index (κ3) is 11.2. The third-order valence-electron chi connectivity index (χ3n) is 22.7. The molecule has 0 radical (unpaired) electrons. The lowest BCUT2D eigenvalue weighted by atomic mass is 9.33. The monoisotopic (exact) mass is 1530 g/mol. The van der Waals surface area contributed by atoms with Crippen molar-refractivity contribution < 1.29 is 39.8 Å². The van der Waals surface area contributed by atoms with Crippen molar-refractivity contribution in [1.82, 2.24) is 13.7 Å². The van der Waals surface area contributed by atoms with Gasteiger partial charge >= 0.3 is 0 Å². The highest BCUT2D eigenvalue weighted by molar-refractivity contribution is 7.00. The van der Waals surface area contributed by atoms with E-state index in [1.165, 1.54) is 42.9 Å². The lowest BCUT2D eigenvalue weighted by Gasteiger charge is -2.46. The predicted molar refractivity (Wildman–Crippen MR) is 497 cm³/mol. The van der Waals surface area contributed by atoms with E-state index in [-0.39, 0.29) is 111 Å². The van der Waals surface area contributed by atoms with E-state index >= 15 is 0 Å². The van der Waals surface area contributed by atoms with Crippen molar-refractivity contribution in [2.75, 3.05) is 14.7 Å². The molecule has 7 heteroatoms. The summed E-state index contributed by atoms with van der Waals surface area (Å²) < 4.78 is 283. The van der Waals surface area contributed by atoms with Crippen LogP contribution >= 0.6 is 0 Å². The van der Waals surface area contributed by atoms with E-state index in [0.29, 0.717) is 78.0 Å². The van der Waals surface area contributed by atoms with Gasteiger partial charge in [0.15, 0.2) is 0 Å². The fraction of sp³-hybridized carbons (Fsp3) is 0.0727. The topological polar surface area (TPSA) is 24.5 Å². The number of hydrogen-bond donors (Lipinski definition) is 0. The summed E-state index contributed by atoms with van der Waals surface area (Å²) in [6.07, 6.45) is 0. The molecule has 17 aromatic carbocycles. The zero-order valence-corrected chi connectivity index (χ0v) is 64.0. The van der Waals surface area contributed by atoms with Crippen molar-refractivity contribution in [2.24, 2.45) is 0 Å². The van der Waals surface area contributed by atoms with E-state index in [0.717, 1.165) is 11.1 Å². The Morgan fingerprint density at radius 1 is 0.265 bits per heavy atom. The first kappa shape index (κ1) is 45.5. The minimum Gasteiger partial charge on any atom is -0.310 e. The highest BCUT2D eigenvalue weighted by atomic mass is 15.2. The van der Waals surface area contributed by atoms with Gasteiger partial charge in [-0.25, -0.2) is 0 Å². The highest BCUT2D eigenvalue weighted by Gasteiger charge is 2.47. The summed E-state index contributed by atoms with van der Waals surface area (Å²) in [5.74, 6) is 0. The van der Waals surface area contributed by atoms with Gasteiger partial charge < -0.3 is 28.4 Å². The normalized spacial score (nSPS) is 16.1. The van der Waals surface area contributed by atoms with Crippen molar-refractivity contribution in [3.8, 4) is 61.6 Å². The van der Waals surface area contributed by atoms with Crippen LogP contribution in [0.3, 0.4) is 0 Å². The molecular formula is C110H83BN6. The summed E-state index contributed by atoms with van der Waals surface area (Å²) in [6, 6.07) is 48.6. The molecule has 0 spiro atoms. The molecule has 0 saturated carbocycles. The van der Waals surface area contributed by atoms with Crippen molar-refractivity contribution in [1.29, 1.82) is 0 Å². The van der Waals surface area contributed by atoms with Gasteiger partial charge in [-0.1, -0.05) is 302 Å². The fourth-order valence-corrected chi connectivity index (χ4v) is 17.4. The lowest BCUT2D eigenvalue weighted by Crippen LogP contribution is -2.61. The Hall–Kier alpha value is -14.4. The second kappa shape index (κ2) is 27.2. The molecule has 22 rings (SSSR count). The standard InChI is InChI=1S/C110H83BN6/c1-109(2,3)76-64-90(72-34-12-7-13-35-72)107(91(65-76)73-36-14-8-15-37-73)116-102-68-81(112(78-42-20-11-21-43-78)79-56-58-80(59-57-79)113-96-50-28-22-44-84(96)85-45-23-29-51-97(85)113)60-62-94(102)111-95-63-61-82(114-98-52-30-24-46-86(98)87-47-25-31-53-99(87)114)69-103(95)117(105-71-83(70-104(116)106(105)111)115-100-54-32-26-48-88(100)89-49-27-33-55-101(89)115)108-92(74-38-16-9-17-39-74)66-77(110(4,5)6)67-93(108)75-40-18-10-19-41-75/h7-71H,1-6H3/i11D,20D,21D,22D,23D,24D,25D,26D,27D,28D,29D,30D,31D,32D,33D,42D,43D,44D,45D,46D,47D,48D,49D,50D,51D,52D,53D,54D,55D. The zero-order valence-electron chi connectivity index (χ0n) is 93.0. The van der Waals surface area contributed by atoms with Crippen molar-refractivity contribution in [3.05, 3.63) is 405 Å². The number of rotatable bonds is 12. The van der Waals surface area contributed by atoms with Crippen LogP contribution in [0.4, 0.5) is 51.2 Å². The van der Waals surface area contributed by atoms with Crippen LogP contribution in [0.1, 0.15) is 92.4 Å². The van der Waals surface area contributed by atoms with Crippen molar-refractivity contribution in [3.63, 3.8) is 0 Å². The van der Waals surface area contributed by atoms with Gasteiger partial charge in [-0.05, 0) is 194 Å². The summed E-state index contributed by atoms with van der Waals surface area (Å²) >= 11 is 0. The van der Waals surface area contributed by atoms with Crippen LogP contribution in [0.25, 0.3) is 127 Å². The van der Waals surface area contributed by atoms with Crippen LogP contribution in [0, 0.1) is 0 Å². The molecule has 2 aliphatic rings. The molecule has 117 heavy (non-hydrogen) atoms. The first-order valence-corrected chi connectivity index (χ1v) is 38.5. The van der Waals surface area contributed by atoms with Gasteiger partial charge in [0.25, 0.3) is 6.71 Å². The quantitative estimate of drug-likeness (QED) is 0.114. The molecule has 0 atom stereocenters. The van der Waals surface area contributed by atoms with Gasteiger partial charge in [-0.2, -0.15) is 0 Å².